The quantitative estimate of drug-likeness (QED) is 0.824. The van der Waals surface area contributed by atoms with Crippen molar-refractivity contribution in [2.45, 2.75) is 58.4 Å². The third kappa shape index (κ3) is 2.54. The van der Waals surface area contributed by atoms with Gasteiger partial charge in [0.15, 0.2) is 0 Å². The molecule has 0 amide bonds. The maximum atomic E-state index is 9.47. The largest absolute Gasteiger partial charge is 0.396 e. The van der Waals surface area contributed by atoms with E-state index in [9.17, 15) is 5.11 Å². The molecule has 3 nitrogen and oxygen atoms in total. The van der Waals surface area contributed by atoms with Gasteiger partial charge in [-0.3, -0.25) is 4.68 Å². The zero-order chi connectivity index (χ0) is 12.3. The molecule has 1 heterocycles. The van der Waals surface area contributed by atoms with Crippen molar-refractivity contribution in [3.05, 3.63) is 18.0 Å². The Hall–Kier alpha value is -0.830. The molecule has 17 heavy (non-hydrogen) atoms. The fraction of sp³-hybridized carbons (Fsp3) is 0.786. The van der Waals surface area contributed by atoms with Crippen molar-refractivity contribution in [3.8, 4) is 0 Å². The molecular formula is C14H24N2O. The first-order valence-electron chi connectivity index (χ1n) is 6.88. The lowest BCUT2D eigenvalue weighted by Crippen LogP contribution is -2.35. The smallest absolute Gasteiger partial charge is 0.0631 e. The highest BCUT2D eigenvalue weighted by Gasteiger charge is 2.36. The van der Waals surface area contributed by atoms with Crippen LogP contribution in [0.15, 0.2) is 12.3 Å². The van der Waals surface area contributed by atoms with Crippen molar-refractivity contribution >= 4 is 0 Å². The molecule has 1 aliphatic rings. The van der Waals surface area contributed by atoms with Crippen molar-refractivity contribution in [3.63, 3.8) is 0 Å². The van der Waals surface area contributed by atoms with Gasteiger partial charge in [-0.05, 0) is 43.6 Å². The second kappa shape index (κ2) is 5.21. The third-order valence-electron chi connectivity index (χ3n) is 4.29. The van der Waals surface area contributed by atoms with Crippen LogP contribution < -0.4 is 0 Å². The highest BCUT2D eigenvalue weighted by Crippen LogP contribution is 2.42. The molecule has 0 atom stereocenters. The number of aliphatic hydroxyl groups is 1. The zero-order valence-corrected chi connectivity index (χ0v) is 11.0. The summed E-state index contributed by atoms with van der Waals surface area (Å²) in [5.74, 6) is 0. The van der Waals surface area contributed by atoms with Crippen LogP contribution in [0.2, 0.25) is 0 Å². The first-order chi connectivity index (χ1) is 8.23. The molecule has 1 fully saturated rings. The average molecular weight is 236 g/mol. The summed E-state index contributed by atoms with van der Waals surface area (Å²) in [4.78, 5) is 0. The molecule has 2 rings (SSSR count). The molecule has 1 aromatic heterocycles. The Labute approximate surface area is 104 Å². The van der Waals surface area contributed by atoms with Gasteiger partial charge < -0.3 is 5.11 Å². The fourth-order valence-corrected chi connectivity index (χ4v) is 2.79. The van der Waals surface area contributed by atoms with Gasteiger partial charge in [-0.25, -0.2) is 0 Å². The van der Waals surface area contributed by atoms with E-state index in [-0.39, 0.29) is 5.41 Å². The van der Waals surface area contributed by atoms with Gasteiger partial charge in [0.05, 0.1) is 11.7 Å². The fourth-order valence-electron chi connectivity index (χ4n) is 2.79. The topological polar surface area (TPSA) is 38.0 Å². The molecule has 0 spiro atoms. The van der Waals surface area contributed by atoms with Crippen LogP contribution in [-0.2, 0) is 6.42 Å². The van der Waals surface area contributed by atoms with Crippen LogP contribution in [0.25, 0.3) is 0 Å². The number of aliphatic hydroxyl groups excluding tert-OH is 1. The lowest BCUT2D eigenvalue weighted by Gasteiger charge is -2.39. The Kier molecular flexibility index (Phi) is 3.87. The number of rotatable bonds is 6. The third-order valence-corrected chi connectivity index (χ3v) is 4.29. The van der Waals surface area contributed by atoms with Gasteiger partial charge >= 0.3 is 0 Å². The van der Waals surface area contributed by atoms with Crippen molar-refractivity contribution in [1.82, 2.24) is 9.78 Å². The zero-order valence-electron chi connectivity index (χ0n) is 11.0. The molecule has 0 bridgehead atoms. The summed E-state index contributed by atoms with van der Waals surface area (Å²) in [7, 11) is 0. The predicted molar refractivity (Wildman–Crippen MR) is 68.9 cm³/mol. The Morgan fingerprint density at radius 1 is 1.41 bits per heavy atom. The van der Waals surface area contributed by atoms with E-state index in [0.717, 1.165) is 37.8 Å². The Morgan fingerprint density at radius 2 is 2.12 bits per heavy atom. The molecule has 0 radical (unpaired) electrons. The standard InChI is InChI=1S/C14H24N2O/c1-3-13(4-2)16-9-6-12(15-16)10-14(11-17)7-5-8-14/h6,9,13,17H,3-5,7-8,10-11H2,1-2H3. The SMILES string of the molecule is CCC(CC)n1ccc(CC2(CO)CCC2)n1. The van der Waals surface area contributed by atoms with E-state index in [0.29, 0.717) is 12.6 Å². The summed E-state index contributed by atoms with van der Waals surface area (Å²) < 4.78 is 2.10. The highest BCUT2D eigenvalue weighted by molar-refractivity contribution is 5.06. The van der Waals surface area contributed by atoms with Crippen LogP contribution in [-0.4, -0.2) is 21.5 Å². The first-order valence-corrected chi connectivity index (χ1v) is 6.88. The van der Waals surface area contributed by atoms with Gasteiger partial charge in [0.2, 0.25) is 0 Å². The van der Waals surface area contributed by atoms with Crippen molar-refractivity contribution in [2.75, 3.05) is 6.61 Å². The molecule has 1 aromatic rings. The van der Waals surface area contributed by atoms with E-state index in [1.54, 1.807) is 0 Å². The van der Waals surface area contributed by atoms with Crippen LogP contribution >= 0.6 is 0 Å². The van der Waals surface area contributed by atoms with Crippen LogP contribution in [0.3, 0.4) is 0 Å². The van der Waals surface area contributed by atoms with Gasteiger partial charge in [0.25, 0.3) is 0 Å². The second-order valence-electron chi connectivity index (χ2n) is 5.45. The van der Waals surface area contributed by atoms with Crippen molar-refractivity contribution in [2.24, 2.45) is 5.41 Å². The van der Waals surface area contributed by atoms with Crippen LogP contribution in [0, 0.1) is 5.41 Å². The molecule has 0 unspecified atom stereocenters. The van der Waals surface area contributed by atoms with E-state index < -0.39 is 0 Å². The molecule has 0 aliphatic heterocycles. The minimum absolute atomic E-state index is 0.146. The number of hydrogen-bond acceptors (Lipinski definition) is 2. The Morgan fingerprint density at radius 3 is 2.59 bits per heavy atom. The molecule has 0 aromatic carbocycles. The summed E-state index contributed by atoms with van der Waals surface area (Å²) in [5, 5.41) is 14.1. The van der Waals surface area contributed by atoms with Gasteiger partial charge in [-0.15, -0.1) is 0 Å². The molecule has 96 valence electrons. The minimum Gasteiger partial charge on any atom is -0.396 e. The minimum atomic E-state index is 0.146. The summed E-state index contributed by atoms with van der Waals surface area (Å²) in [5.41, 5.74) is 1.29. The molecule has 1 aliphatic carbocycles. The van der Waals surface area contributed by atoms with Gasteiger partial charge in [-0.1, -0.05) is 20.3 Å². The average Bonchev–Trinajstić information content (AvgIpc) is 2.74. The number of hydrogen-bond donors (Lipinski definition) is 1. The summed E-state index contributed by atoms with van der Waals surface area (Å²) in [6.07, 6.45) is 8.86. The van der Waals surface area contributed by atoms with E-state index >= 15 is 0 Å². The summed E-state index contributed by atoms with van der Waals surface area (Å²) in [6, 6.07) is 2.64. The monoisotopic (exact) mass is 236 g/mol. The lowest BCUT2D eigenvalue weighted by atomic mass is 9.67. The maximum absolute atomic E-state index is 9.47. The summed E-state index contributed by atoms with van der Waals surface area (Å²) >= 11 is 0. The van der Waals surface area contributed by atoms with E-state index in [1.165, 1.54) is 6.42 Å². The molecule has 3 heteroatoms. The summed E-state index contributed by atoms with van der Waals surface area (Å²) in [6.45, 7) is 4.72. The van der Waals surface area contributed by atoms with E-state index in [1.807, 2.05) is 0 Å². The predicted octanol–water partition coefficient (Wildman–Crippen LogP) is 2.95. The number of aromatic nitrogens is 2. The van der Waals surface area contributed by atoms with Gasteiger partial charge in [0, 0.05) is 12.8 Å². The lowest BCUT2D eigenvalue weighted by molar-refractivity contribution is 0.0439. The second-order valence-corrected chi connectivity index (χ2v) is 5.45. The van der Waals surface area contributed by atoms with Gasteiger partial charge in [0.1, 0.15) is 0 Å². The Balaban J connectivity index is 2.03. The van der Waals surface area contributed by atoms with Crippen molar-refractivity contribution in [1.29, 1.82) is 0 Å². The first kappa shape index (κ1) is 12.6. The molecule has 1 N–H and O–H groups in total. The number of nitrogens with zero attached hydrogens (tertiary/aromatic N) is 2. The maximum Gasteiger partial charge on any atom is 0.0631 e. The molecule has 1 saturated carbocycles. The normalized spacial score (nSPS) is 18.4. The molecule has 0 saturated heterocycles. The van der Waals surface area contributed by atoms with Crippen LogP contribution in [0.4, 0.5) is 0 Å². The highest BCUT2D eigenvalue weighted by atomic mass is 16.3. The van der Waals surface area contributed by atoms with Crippen molar-refractivity contribution < 1.29 is 5.11 Å². The van der Waals surface area contributed by atoms with Gasteiger partial charge in [-0.2, -0.15) is 5.10 Å². The molecular weight excluding hydrogens is 212 g/mol. The van der Waals surface area contributed by atoms with E-state index in [2.05, 4.69) is 35.9 Å². The van der Waals surface area contributed by atoms with Crippen LogP contribution in [0.5, 0.6) is 0 Å². The Bertz CT molecular complexity index is 345. The van der Waals surface area contributed by atoms with Crippen LogP contribution in [0.1, 0.15) is 57.7 Å². The van der Waals surface area contributed by atoms with E-state index in [4.69, 9.17) is 0 Å².